The molecule has 1 aliphatic rings. The molecule has 1 aromatic carbocycles. The van der Waals surface area contributed by atoms with Gasteiger partial charge in [-0.2, -0.15) is 0 Å². The van der Waals surface area contributed by atoms with E-state index in [1.54, 1.807) is 0 Å². The van der Waals surface area contributed by atoms with Gasteiger partial charge < -0.3 is 10.1 Å². The van der Waals surface area contributed by atoms with Crippen LogP contribution in [0.4, 0.5) is 8.78 Å². The van der Waals surface area contributed by atoms with Crippen LogP contribution in [0, 0.1) is 17.6 Å². The monoisotopic (exact) mass is 312 g/mol. The van der Waals surface area contributed by atoms with Crippen LogP contribution in [-0.4, -0.2) is 38.2 Å². The van der Waals surface area contributed by atoms with E-state index in [-0.39, 0.29) is 23.3 Å². The number of halogens is 2. The normalized spacial score (nSPS) is 19.0. The second kappa shape index (κ2) is 7.88. The zero-order valence-electron chi connectivity index (χ0n) is 13.7. The van der Waals surface area contributed by atoms with Crippen molar-refractivity contribution in [2.45, 2.75) is 32.7 Å². The van der Waals surface area contributed by atoms with Crippen LogP contribution in [-0.2, 0) is 0 Å². The highest BCUT2D eigenvalue weighted by Crippen LogP contribution is 2.37. The highest BCUT2D eigenvalue weighted by molar-refractivity contribution is 5.35. The summed E-state index contributed by atoms with van der Waals surface area (Å²) >= 11 is 0. The number of hydrogen-bond donors (Lipinski definition) is 1. The molecule has 1 N–H and O–H groups in total. The molecule has 0 spiro atoms. The fraction of sp³-hybridized carbons (Fsp3) is 0.647. The lowest BCUT2D eigenvalue weighted by molar-refractivity contribution is 0.119. The van der Waals surface area contributed by atoms with E-state index < -0.39 is 11.6 Å². The van der Waals surface area contributed by atoms with Gasteiger partial charge in [0.1, 0.15) is 5.82 Å². The van der Waals surface area contributed by atoms with E-state index in [4.69, 9.17) is 4.74 Å². The largest absolute Gasteiger partial charge is 0.494 e. The third kappa shape index (κ3) is 3.58. The van der Waals surface area contributed by atoms with Crippen LogP contribution in [0.1, 0.15) is 38.3 Å². The molecule has 2 rings (SSSR count). The zero-order chi connectivity index (χ0) is 16.1. The van der Waals surface area contributed by atoms with Crippen molar-refractivity contribution in [3.05, 3.63) is 29.3 Å². The molecule has 1 unspecified atom stereocenters. The number of methoxy groups -OCH3 is 1. The molecule has 22 heavy (non-hydrogen) atoms. The van der Waals surface area contributed by atoms with Crippen molar-refractivity contribution in [3.8, 4) is 5.75 Å². The average Bonchev–Trinajstić information content (AvgIpc) is 2.52. The lowest BCUT2D eigenvalue weighted by atomic mass is 9.88. The molecule has 1 heterocycles. The Hall–Kier alpha value is -1.20. The highest BCUT2D eigenvalue weighted by Gasteiger charge is 2.32. The number of ether oxygens (including phenoxy) is 1. The predicted octanol–water partition coefficient (Wildman–Crippen LogP) is 3.36. The standard InChI is InChI=1S/C17H26F2N2O/c1-4-5-12(2)17(21-10-8-20-9-11-21)15-13(18)6-7-14(22-3)16(15)19/h6-7,12,17,20H,4-5,8-11H2,1-3H3/t12?,17-/m1/s1. The third-order valence-electron chi connectivity index (χ3n) is 4.43. The Balaban J connectivity index is 2.43. The predicted molar refractivity (Wildman–Crippen MR) is 84.2 cm³/mol. The van der Waals surface area contributed by atoms with Crippen molar-refractivity contribution in [2.75, 3.05) is 33.3 Å². The first-order chi connectivity index (χ1) is 10.6. The van der Waals surface area contributed by atoms with Gasteiger partial charge in [-0.25, -0.2) is 8.78 Å². The smallest absolute Gasteiger partial charge is 0.172 e. The van der Waals surface area contributed by atoms with Crippen molar-refractivity contribution in [1.82, 2.24) is 10.2 Å². The van der Waals surface area contributed by atoms with Gasteiger partial charge in [0.2, 0.25) is 0 Å². The van der Waals surface area contributed by atoms with Crippen LogP contribution >= 0.6 is 0 Å². The minimum Gasteiger partial charge on any atom is -0.494 e. The molecule has 0 radical (unpaired) electrons. The molecular weight excluding hydrogens is 286 g/mol. The van der Waals surface area contributed by atoms with Crippen LogP contribution in [0.25, 0.3) is 0 Å². The summed E-state index contributed by atoms with van der Waals surface area (Å²) in [6, 6.07) is 2.41. The Morgan fingerprint density at radius 3 is 2.55 bits per heavy atom. The molecular formula is C17H26F2N2O. The van der Waals surface area contributed by atoms with E-state index in [0.29, 0.717) is 0 Å². The molecule has 0 aliphatic carbocycles. The summed E-state index contributed by atoms with van der Waals surface area (Å²) in [5, 5.41) is 3.29. The number of rotatable bonds is 6. The maximum atomic E-state index is 14.7. The van der Waals surface area contributed by atoms with Crippen LogP contribution < -0.4 is 10.1 Å². The van der Waals surface area contributed by atoms with Gasteiger partial charge in [-0.1, -0.05) is 20.3 Å². The van der Waals surface area contributed by atoms with Crippen molar-refractivity contribution >= 4 is 0 Å². The van der Waals surface area contributed by atoms with Gasteiger partial charge in [-0.15, -0.1) is 0 Å². The Morgan fingerprint density at radius 2 is 1.95 bits per heavy atom. The van der Waals surface area contributed by atoms with Gasteiger partial charge in [-0.05, 0) is 24.5 Å². The van der Waals surface area contributed by atoms with Gasteiger partial charge in [0.15, 0.2) is 11.6 Å². The van der Waals surface area contributed by atoms with Gasteiger partial charge in [0.25, 0.3) is 0 Å². The molecule has 1 fully saturated rings. The van der Waals surface area contributed by atoms with Crippen molar-refractivity contribution in [2.24, 2.45) is 5.92 Å². The van der Waals surface area contributed by atoms with Gasteiger partial charge in [0.05, 0.1) is 7.11 Å². The Kier molecular flexibility index (Phi) is 6.15. The summed E-state index contributed by atoms with van der Waals surface area (Å²) in [6.45, 7) is 7.48. The summed E-state index contributed by atoms with van der Waals surface area (Å²) in [4.78, 5) is 2.19. The molecule has 124 valence electrons. The van der Waals surface area contributed by atoms with Crippen LogP contribution in [0.15, 0.2) is 12.1 Å². The summed E-state index contributed by atoms with van der Waals surface area (Å²) in [7, 11) is 1.41. The first kappa shape index (κ1) is 17.2. The minimum absolute atomic E-state index is 0.111. The second-order valence-electron chi connectivity index (χ2n) is 5.97. The summed E-state index contributed by atoms with van der Waals surface area (Å²) in [6.07, 6.45) is 1.93. The molecule has 1 aromatic rings. The maximum absolute atomic E-state index is 14.7. The molecule has 0 aromatic heterocycles. The fourth-order valence-electron chi connectivity index (χ4n) is 3.38. The number of nitrogens with zero attached hydrogens (tertiary/aromatic N) is 1. The molecule has 0 saturated carbocycles. The van der Waals surface area contributed by atoms with Gasteiger partial charge in [-0.3, -0.25) is 4.90 Å². The third-order valence-corrected chi connectivity index (χ3v) is 4.43. The van der Waals surface area contributed by atoms with Gasteiger partial charge in [0, 0.05) is 37.8 Å². The highest BCUT2D eigenvalue weighted by atomic mass is 19.1. The topological polar surface area (TPSA) is 24.5 Å². The molecule has 0 bridgehead atoms. The first-order valence-corrected chi connectivity index (χ1v) is 8.06. The Morgan fingerprint density at radius 1 is 1.27 bits per heavy atom. The van der Waals surface area contributed by atoms with E-state index in [1.807, 2.05) is 0 Å². The van der Waals surface area contributed by atoms with E-state index in [1.165, 1.54) is 19.2 Å². The summed E-state index contributed by atoms with van der Waals surface area (Å²) in [5.41, 5.74) is 0.155. The molecule has 1 saturated heterocycles. The van der Waals surface area contributed by atoms with Crippen molar-refractivity contribution in [3.63, 3.8) is 0 Å². The number of hydrogen-bond acceptors (Lipinski definition) is 3. The quantitative estimate of drug-likeness (QED) is 0.872. The number of benzene rings is 1. The van der Waals surface area contributed by atoms with E-state index in [2.05, 4.69) is 24.1 Å². The Bertz CT molecular complexity index is 490. The maximum Gasteiger partial charge on any atom is 0.172 e. The zero-order valence-corrected chi connectivity index (χ0v) is 13.7. The first-order valence-electron chi connectivity index (χ1n) is 8.06. The molecule has 5 heteroatoms. The molecule has 0 amide bonds. The Labute approximate surface area is 131 Å². The number of nitrogens with one attached hydrogen (secondary N) is 1. The number of piperazine rings is 1. The van der Waals surface area contributed by atoms with E-state index >= 15 is 0 Å². The molecule has 3 nitrogen and oxygen atoms in total. The SMILES string of the molecule is CCCC(C)[C@H](c1c(F)ccc(OC)c1F)N1CCNCC1. The lowest BCUT2D eigenvalue weighted by Crippen LogP contribution is -2.47. The average molecular weight is 312 g/mol. The van der Waals surface area contributed by atoms with Crippen LogP contribution in [0.2, 0.25) is 0 Å². The lowest BCUT2D eigenvalue weighted by Gasteiger charge is -2.39. The van der Waals surface area contributed by atoms with Gasteiger partial charge >= 0.3 is 0 Å². The van der Waals surface area contributed by atoms with Crippen LogP contribution in [0.5, 0.6) is 5.75 Å². The minimum atomic E-state index is -0.561. The summed E-state index contributed by atoms with van der Waals surface area (Å²) in [5.74, 6) is -0.752. The second-order valence-corrected chi connectivity index (χ2v) is 5.97. The van der Waals surface area contributed by atoms with Crippen molar-refractivity contribution < 1.29 is 13.5 Å². The van der Waals surface area contributed by atoms with Crippen molar-refractivity contribution in [1.29, 1.82) is 0 Å². The fourth-order valence-corrected chi connectivity index (χ4v) is 3.38. The molecule has 2 atom stereocenters. The van der Waals surface area contributed by atoms with E-state index in [9.17, 15) is 8.78 Å². The molecule has 1 aliphatic heterocycles. The van der Waals surface area contributed by atoms with Crippen LogP contribution in [0.3, 0.4) is 0 Å². The van der Waals surface area contributed by atoms with E-state index in [0.717, 1.165) is 39.0 Å². The summed E-state index contributed by atoms with van der Waals surface area (Å²) < 4.78 is 34.2.